The Morgan fingerprint density at radius 3 is 2.47 bits per heavy atom. The van der Waals surface area contributed by atoms with Gasteiger partial charge in [-0.15, -0.1) is 0 Å². The van der Waals surface area contributed by atoms with Crippen molar-refractivity contribution in [2.24, 2.45) is 0 Å². The molecule has 0 spiro atoms. The summed E-state index contributed by atoms with van der Waals surface area (Å²) in [6, 6.07) is 23.7. The van der Waals surface area contributed by atoms with Crippen LogP contribution in [0.2, 0.25) is 0 Å². The van der Waals surface area contributed by atoms with Crippen LogP contribution in [0, 0.1) is 12.7 Å². The van der Waals surface area contributed by atoms with E-state index in [1.165, 1.54) is 12.1 Å². The Morgan fingerprint density at radius 2 is 1.75 bits per heavy atom. The van der Waals surface area contributed by atoms with Crippen LogP contribution in [-0.4, -0.2) is 22.9 Å². The quantitative estimate of drug-likeness (QED) is 0.455. The third kappa shape index (κ3) is 4.81. The van der Waals surface area contributed by atoms with Gasteiger partial charge >= 0.3 is 0 Å². The molecule has 1 aromatic heterocycles. The number of rotatable bonds is 6. The maximum atomic E-state index is 13.1. The number of hydrogen-bond donors (Lipinski definition) is 1. The highest BCUT2D eigenvalue weighted by atomic mass is 19.1. The van der Waals surface area contributed by atoms with E-state index in [9.17, 15) is 9.18 Å². The van der Waals surface area contributed by atoms with Crippen molar-refractivity contribution in [1.29, 1.82) is 0 Å². The summed E-state index contributed by atoms with van der Waals surface area (Å²) in [4.78, 5) is 24.1. The average molecular weight is 426 g/mol. The molecule has 0 aliphatic heterocycles. The van der Waals surface area contributed by atoms with Gasteiger partial charge in [-0.25, -0.2) is 14.4 Å². The van der Waals surface area contributed by atoms with Crippen LogP contribution in [0.15, 0.2) is 85.1 Å². The Morgan fingerprint density at radius 1 is 1.00 bits per heavy atom. The first-order valence-electron chi connectivity index (χ1n) is 10.3. The normalized spacial score (nSPS) is 10.6. The Kier molecular flexibility index (Phi) is 6.22. The minimum Gasteiger partial charge on any atom is -0.348 e. The highest BCUT2D eigenvalue weighted by molar-refractivity contribution is 5.99. The molecule has 4 rings (SSSR count). The molecule has 1 N–H and O–H groups in total. The first-order chi connectivity index (χ1) is 15.5. The van der Waals surface area contributed by atoms with E-state index >= 15 is 0 Å². The zero-order valence-electron chi connectivity index (χ0n) is 17.9. The second-order valence-corrected chi connectivity index (χ2v) is 7.50. The van der Waals surface area contributed by atoms with Crippen LogP contribution < -0.4 is 10.2 Å². The van der Waals surface area contributed by atoms with Gasteiger partial charge in [0.15, 0.2) is 5.82 Å². The molecule has 0 atom stereocenters. The first kappa shape index (κ1) is 21.2. The highest BCUT2D eigenvalue weighted by Crippen LogP contribution is 2.27. The van der Waals surface area contributed by atoms with E-state index in [4.69, 9.17) is 4.98 Å². The molecule has 0 fully saturated rings. The van der Waals surface area contributed by atoms with Crippen LogP contribution in [0.25, 0.3) is 11.4 Å². The van der Waals surface area contributed by atoms with Crippen molar-refractivity contribution in [3.05, 3.63) is 108 Å². The molecule has 0 radical (unpaired) electrons. The Bertz CT molecular complexity index is 1230. The lowest BCUT2D eigenvalue weighted by molar-refractivity contribution is 0.0951. The molecule has 3 aromatic carbocycles. The molecule has 0 saturated heterocycles. The summed E-state index contributed by atoms with van der Waals surface area (Å²) in [6.07, 6.45) is 1.55. The molecule has 0 aliphatic carbocycles. The van der Waals surface area contributed by atoms with E-state index in [0.717, 1.165) is 22.4 Å². The lowest BCUT2D eigenvalue weighted by Gasteiger charge is -2.21. The van der Waals surface area contributed by atoms with Gasteiger partial charge < -0.3 is 10.2 Å². The third-order valence-electron chi connectivity index (χ3n) is 5.12. The third-order valence-corrected chi connectivity index (χ3v) is 5.12. The molecule has 32 heavy (non-hydrogen) atoms. The summed E-state index contributed by atoms with van der Waals surface area (Å²) in [5.41, 5.74) is 4.04. The molecule has 1 amide bonds. The van der Waals surface area contributed by atoms with Crippen molar-refractivity contribution in [3.8, 4) is 11.4 Å². The number of anilines is 2. The number of nitrogens with zero attached hydrogens (tertiary/aromatic N) is 3. The number of aryl methyl sites for hydroxylation is 1. The lowest BCUT2D eigenvalue weighted by Crippen LogP contribution is -2.26. The van der Waals surface area contributed by atoms with Gasteiger partial charge in [0.2, 0.25) is 0 Å². The smallest absolute Gasteiger partial charge is 0.256 e. The second-order valence-electron chi connectivity index (χ2n) is 7.50. The molecule has 0 saturated carbocycles. The number of aromatic nitrogens is 2. The predicted molar refractivity (Wildman–Crippen MR) is 124 cm³/mol. The minimum absolute atomic E-state index is 0.271. The summed E-state index contributed by atoms with van der Waals surface area (Å²) in [5, 5.41) is 2.88. The average Bonchev–Trinajstić information content (AvgIpc) is 2.83. The molecule has 1 heterocycles. The molecule has 0 unspecified atom stereocenters. The van der Waals surface area contributed by atoms with Gasteiger partial charge in [0.1, 0.15) is 17.2 Å². The maximum absolute atomic E-state index is 13.1. The van der Waals surface area contributed by atoms with Crippen molar-refractivity contribution < 1.29 is 9.18 Å². The number of benzene rings is 3. The van der Waals surface area contributed by atoms with Crippen molar-refractivity contribution in [2.45, 2.75) is 13.5 Å². The zero-order valence-corrected chi connectivity index (χ0v) is 17.9. The van der Waals surface area contributed by atoms with Gasteiger partial charge in [0, 0.05) is 31.0 Å². The number of nitrogens with one attached hydrogen (secondary N) is 1. The van der Waals surface area contributed by atoms with Crippen LogP contribution in [-0.2, 0) is 6.54 Å². The van der Waals surface area contributed by atoms with Crippen LogP contribution in [0.3, 0.4) is 0 Å². The SMILES string of the molecule is Cc1cccc(-c2ncc(C(=O)NCc3ccc(F)cc3)c(N(C)c3ccccc3)n2)c1. The Hall–Kier alpha value is -4.06. The predicted octanol–water partition coefficient (Wildman–Crippen LogP) is 5.29. The van der Waals surface area contributed by atoms with Gasteiger partial charge in [-0.05, 0) is 42.8 Å². The zero-order chi connectivity index (χ0) is 22.5. The van der Waals surface area contributed by atoms with Gasteiger partial charge in [-0.3, -0.25) is 4.79 Å². The minimum atomic E-state index is -0.313. The summed E-state index contributed by atoms with van der Waals surface area (Å²) in [7, 11) is 1.87. The van der Waals surface area contributed by atoms with Crippen molar-refractivity contribution in [1.82, 2.24) is 15.3 Å². The Labute approximate surface area is 186 Å². The van der Waals surface area contributed by atoms with Crippen LogP contribution in [0.5, 0.6) is 0 Å². The van der Waals surface area contributed by atoms with Crippen molar-refractivity contribution in [3.63, 3.8) is 0 Å². The molecular weight excluding hydrogens is 403 g/mol. The number of carbonyl (C=O) groups is 1. The van der Waals surface area contributed by atoms with E-state index < -0.39 is 0 Å². The number of carbonyl (C=O) groups excluding carboxylic acids is 1. The fraction of sp³-hybridized carbons (Fsp3) is 0.115. The summed E-state index contributed by atoms with van der Waals surface area (Å²) in [6.45, 7) is 2.28. The monoisotopic (exact) mass is 426 g/mol. The van der Waals surface area contributed by atoms with E-state index in [-0.39, 0.29) is 18.3 Å². The van der Waals surface area contributed by atoms with Gasteiger partial charge in [0.25, 0.3) is 5.91 Å². The van der Waals surface area contributed by atoms with E-state index in [1.54, 1.807) is 18.3 Å². The van der Waals surface area contributed by atoms with E-state index in [2.05, 4.69) is 10.3 Å². The largest absolute Gasteiger partial charge is 0.348 e. The molecular formula is C26H23FN4O. The van der Waals surface area contributed by atoms with Crippen LogP contribution in [0.1, 0.15) is 21.5 Å². The number of halogens is 1. The topological polar surface area (TPSA) is 58.1 Å². The van der Waals surface area contributed by atoms with Crippen molar-refractivity contribution in [2.75, 3.05) is 11.9 Å². The highest BCUT2D eigenvalue weighted by Gasteiger charge is 2.19. The van der Waals surface area contributed by atoms with Gasteiger partial charge in [-0.1, -0.05) is 54.1 Å². The number of para-hydroxylation sites is 1. The van der Waals surface area contributed by atoms with Crippen LogP contribution >= 0.6 is 0 Å². The van der Waals surface area contributed by atoms with E-state index in [1.807, 2.05) is 73.5 Å². The van der Waals surface area contributed by atoms with Gasteiger partial charge in [0.05, 0.1) is 0 Å². The fourth-order valence-electron chi connectivity index (χ4n) is 3.37. The first-order valence-corrected chi connectivity index (χ1v) is 10.3. The fourth-order valence-corrected chi connectivity index (χ4v) is 3.37. The van der Waals surface area contributed by atoms with Gasteiger partial charge in [-0.2, -0.15) is 0 Å². The second kappa shape index (κ2) is 9.39. The number of amides is 1. The lowest BCUT2D eigenvalue weighted by atomic mass is 10.1. The van der Waals surface area contributed by atoms with E-state index in [0.29, 0.717) is 17.2 Å². The summed E-state index contributed by atoms with van der Waals surface area (Å²) < 4.78 is 13.1. The van der Waals surface area contributed by atoms with Crippen LogP contribution in [0.4, 0.5) is 15.9 Å². The number of hydrogen-bond acceptors (Lipinski definition) is 4. The standard InChI is InChI=1S/C26H23FN4O/c1-18-7-6-8-20(15-18)24-28-17-23(25(30-24)31(2)22-9-4-3-5-10-22)26(32)29-16-19-11-13-21(27)14-12-19/h3-15,17H,16H2,1-2H3,(H,29,32). The summed E-state index contributed by atoms with van der Waals surface area (Å²) in [5.74, 6) is 0.427. The molecule has 0 bridgehead atoms. The molecule has 6 heteroatoms. The maximum Gasteiger partial charge on any atom is 0.256 e. The molecule has 0 aliphatic rings. The van der Waals surface area contributed by atoms with Crippen molar-refractivity contribution >= 4 is 17.4 Å². The molecule has 160 valence electrons. The summed E-state index contributed by atoms with van der Waals surface area (Å²) >= 11 is 0. The molecule has 5 nitrogen and oxygen atoms in total. The Balaban J connectivity index is 1.68. The molecule has 4 aromatic rings.